The fourth-order valence-corrected chi connectivity index (χ4v) is 3.51. The van der Waals surface area contributed by atoms with Gasteiger partial charge in [0, 0.05) is 35.7 Å². The van der Waals surface area contributed by atoms with Gasteiger partial charge in [0.05, 0.1) is 13.2 Å². The molecular weight excluding hydrogens is 258 g/mol. The standard InChI is InChI=1S/C11H15NO3S2/c13-11(14)10-7-9(8-17-10)16-6-3-12-1-4-15-5-2-12/h7-8H,1-6H2,(H,13,14). The fourth-order valence-electron chi connectivity index (χ4n) is 1.62. The summed E-state index contributed by atoms with van der Waals surface area (Å²) in [5.41, 5.74) is 0. The number of hydrogen-bond acceptors (Lipinski definition) is 5. The van der Waals surface area contributed by atoms with E-state index in [-0.39, 0.29) is 0 Å². The molecule has 0 amide bonds. The van der Waals surface area contributed by atoms with E-state index < -0.39 is 5.97 Å². The molecule has 0 atom stereocenters. The fraction of sp³-hybridized carbons (Fsp3) is 0.545. The van der Waals surface area contributed by atoms with E-state index in [0.29, 0.717) is 4.88 Å². The van der Waals surface area contributed by atoms with Crippen LogP contribution in [0.2, 0.25) is 0 Å². The molecule has 1 aliphatic heterocycles. The lowest BCUT2D eigenvalue weighted by Crippen LogP contribution is -2.37. The van der Waals surface area contributed by atoms with Crippen LogP contribution in [0.1, 0.15) is 9.67 Å². The van der Waals surface area contributed by atoms with Crippen LogP contribution in [-0.2, 0) is 4.74 Å². The summed E-state index contributed by atoms with van der Waals surface area (Å²) in [7, 11) is 0. The molecule has 0 aromatic carbocycles. The molecule has 0 aliphatic carbocycles. The maximum absolute atomic E-state index is 10.7. The molecule has 0 unspecified atom stereocenters. The van der Waals surface area contributed by atoms with E-state index in [1.807, 2.05) is 5.38 Å². The summed E-state index contributed by atoms with van der Waals surface area (Å²) in [6.45, 7) is 4.69. The zero-order valence-corrected chi connectivity index (χ0v) is 11.1. The molecule has 0 spiro atoms. The predicted molar refractivity (Wildman–Crippen MR) is 69.3 cm³/mol. The first-order valence-electron chi connectivity index (χ1n) is 5.50. The van der Waals surface area contributed by atoms with Crippen molar-refractivity contribution < 1.29 is 14.6 Å². The highest BCUT2D eigenvalue weighted by molar-refractivity contribution is 7.99. The van der Waals surface area contributed by atoms with Crippen LogP contribution in [0, 0.1) is 0 Å². The molecule has 1 fully saturated rings. The Balaban J connectivity index is 1.71. The van der Waals surface area contributed by atoms with E-state index in [0.717, 1.165) is 43.5 Å². The van der Waals surface area contributed by atoms with Gasteiger partial charge in [0.25, 0.3) is 0 Å². The molecule has 17 heavy (non-hydrogen) atoms. The third-order valence-corrected chi connectivity index (χ3v) is 4.59. The monoisotopic (exact) mass is 273 g/mol. The molecule has 6 heteroatoms. The predicted octanol–water partition coefficient (Wildman–Crippen LogP) is 1.87. The van der Waals surface area contributed by atoms with Crippen LogP contribution in [0.4, 0.5) is 0 Å². The summed E-state index contributed by atoms with van der Waals surface area (Å²) in [5.74, 6) is 0.158. The van der Waals surface area contributed by atoms with Gasteiger partial charge in [-0.05, 0) is 6.07 Å². The second-order valence-electron chi connectivity index (χ2n) is 3.75. The molecule has 1 saturated heterocycles. The number of aromatic carboxylic acids is 1. The Hall–Kier alpha value is -0.560. The summed E-state index contributed by atoms with van der Waals surface area (Å²) < 4.78 is 5.28. The number of ether oxygens (including phenoxy) is 1. The SMILES string of the molecule is O=C(O)c1cc(SCCN2CCOCC2)cs1. The largest absolute Gasteiger partial charge is 0.477 e. The minimum absolute atomic E-state index is 0.416. The highest BCUT2D eigenvalue weighted by Gasteiger charge is 2.11. The highest BCUT2D eigenvalue weighted by atomic mass is 32.2. The van der Waals surface area contributed by atoms with Crippen molar-refractivity contribution in [3.8, 4) is 0 Å². The van der Waals surface area contributed by atoms with Crippen molar-refractivity contribution in [3.05, 3.63) is 16.3 Å². The second-order valence-corrected chi connectivity index (χ2v) is 5.83. The maximum atomic E-state index is 10.7. The molecule has 0 saturated carbocycles. The Morgan fingerprint density at radius 1 is 1.53 bits per heavy atom. The van der Waals surface area contributed by atoms with Gasteiger partial charge in [0.1, 0.15) is 4.88 Å². The van der Waals surface area contributed by atoms with Gasteiger partial charge >= 0.3 is 5.97 Å². The molecule has 1 aromatic rings. The zero-order chi connectivity index (χ0) is 12.1. The average Bonchev–Trinajstić information content (AvgIpc) is 2.79. The molecule has 0 bridgehead atoms. The quantitative estimate of drug-likeness (QED) is 0.830. The van der Waals surface area contributed by atoms with Crippen molar-refractivity contribution in [1.29, 1.82) is 0 Å². The zero-order valence-electron chi connectivity index (χ0n) is 9.42. The number of hydrogen-bond donors (Lipinski definition) is 1. The molecule has 94 valence electrons. The van der Waals surface area contributed by atoms with Crippen molar-refractivity contribution in [3.63, 3.8) is 0 Å². The van der Waals surface area contributed by atoms with Crippen molar-refractivity contribution in [1.82, 2.24) is 4.90 Å². The maximum Gasteiger partial charge on any atom is 0.345 e. The highest BCUT2D eigenvalue weighted by Crippen LogP contribution is 2.24. The van der Waals surface area contributed by atoms with Gasteiger partial charge < -0.3 is 9.84 Å². The van der Waals surface area contributed by atoms with Crippen LogP contribution >= 0.6 is 23.1 Å². The van der Waals surface area contributed by atoms with Gasteiger partial charge in [-0.3, -0.25) is 4.90 Å². The summed E-state index contributed by atoms with van der Waals surface area (Å²) in [6.07, 6.45) is 0. The van der Waals surface area contributed by atoms with Crippen LogP contribution < -0.4 is 0 Å². The van der Waals surface area contributed by atoms with E-state index in [4.69, 9.17) is 9.84 Å². The smallest absolute Gasteiger partial charge is 0.345 e. The van der Waals surface area contributed by atoms with Crippen molar-refractivity contribution in [2.75, 3.05) is 38.6 Å². The number of thiophene rings is 1. The Labute approximate surface area is 109 Å². The number of carboxylic acid groups (broad SMARTS) is 1. The topological polar surface area (TPSA) is 49.8 Å². The molecule has 0 radical (unpaired) electrons. The Morgan fingerprint density at radius 2 is 2.29 bits per heavy atom. The Bertz CT molecular complexity index is 375. The Kier molecular flexibility index (Phi) is 4.85. The molecule has 1 N–H and O–H groups in total. The van der Waals surface area contributed by atoms with Gasteiger partial charge in [-0.1, -0.05) is 0 Å². The van der Waals surface area contributed by atoms with Gasteiger partial charge in [-0.15, -0.1) is 23.1 Å². The van der Waals surface area contributed by atoms with Gasteiger partial charge in [-0.25, -0.2) is 4.79 Å². The van der Waals surface area contributed by atoms with E-state index >= 15 is 0 Å². The number of rotatable bonds is 5. The average molecular weight is 273 g/mol. The lowest BCUT2D eigenvalue weighted by Gasteiger charge is -2.26. The first kappa shape index (κ1) is 12.9. The van der Waals surface area contributed by atoms with Crippen LogP contribution in [0.15, 0.2) is 16.3 Å². The first-order valence-corrected chi connectivity index (χ1v) is 7.37. The molecule has 2 heterocycles. The number of carbonyl (C=O) groups is 1. The lowest BCUT2D eigenvalue weighted by molar-refractivity contribution is 0.0410. The van der Waals surface area contributed by atoms with Crippen LogP contribution in [0.25, 0.3) is 0 Å². The lowest BCUT2D eigenvalue weighted by atomic mass is 10.4. The van der Waals surface area contributed by atoms with E-state index in [2.05, 4.69) is 4.90 Å². The van der Waals surface area contributed by atoms with Crippen LogP contribution in [0.3, 0.4) is 0 Å². The van der Waals surface area contributed by atoms with E-state index in [1.165, 1.54) is 11.3 Å². The Morgan fingerprint density at radius 3 is 2.94 bits per heavy atom. The van der Waals surface area contributed by atoms with Crippen LogP contribution in [0.5, 0.6) is 0 Å². The molecule has 2 rings (SSSR count). The number of morpholine rings is 1. The van der Waals surface area contributed by atoms with Gasteiger partial charge in [0.2, 0.25) is 0 Å². The van der Waals surface area contributed by atoms with Gasteiger partial charge in [-0.2, -0.15) is 0 Å². The van der Waals surface area contributed by atoms with E-state index in [1.54, 1.807) is 17.8 Å². The minimum Gasteiger partial charge on any atom is -0.477 e. The molecular formula is C11H15NO3S2. The van der Waals surface area contributed by atoms with Crippen LogP contribution in [-0.4, -0.2) is 54.6 Å². The number of carboxylic acids is 1. The summed E-state index contributed by atoms with van der Waals surface area (Å²) >= 11 is 3.01. The summed E-state index contributed by atoms with van der Waals surface area (Å²) in [5, 5.41) is 10.7. The second kappa shape index (κ2) is 6.39. The normalized spacial score (nSPS) is 17.2. The molecule has 1 aromatic heterocycles. The van der Waals surface area contributed by atoms with Gasteiger partial charge in [0.15, 0.2) is 0 Å². The van der Waals surface area contributed by atoms with Crippen molar-refractivity contribution in [2.24, 2.45) is 0 Å². The minimum atomic E-state index is -0.838. The number of nitrogens with zero attached hydrogens (tertiary/aromatic N) is 1. The number of thioether (sulfide) groups is 1. The van der Waals surface area contributed by atoms with Crippen molar-refractivity contribution >= 4 is 29.1 Å². The first-order chi connectivity index (χ1) is 8.25. The molecule has 1 aliphatic rings. The summed E-state index contributed by atoms with van der Waals surface area (Å²) in [6, 6.07) is 1.75. The molecule has 4 nitrogen and oxygen atoms in total. The van der Waals surface area contributed by atoms with E-state index in [9.17, 15) is 4.79 Å². The van der Waals surface area contributed by atoms with Crippen molar-refractivity contribution in [2.45, 2.75) is 4.90 Å². The third kappa shape index (κ3) is 3.99. The summed E-state index contributed by atoms with van der Waals surface area (Å²) in [4.78, 5) is 14.6. The third-order valence-electron chi connectivity index (χ3n) is 2.57.